The van der Waals surface area contributed by atoms with Gasteiger partial charge in [0.15, 0.2) is 0 Å². The fraction of sp³-hybridized carbons (Fsp3) is 0.864. The Bertz CT molecular complexity index is 361. The molecule has 0 atom stereocenters. The van der Waals surface area contributed by atoms with E-state index in [1.807, 2.05) is 0 Å². The average molecular weight is 384 g/mol. The van der Waals surface area contributed by atoms with Crippen LogP contribution >= 0.6 is 0 Å². The molecule has 0 saturated carbocycles. The molecule has 0 aromatic heterocycles. The van der Waals surface area contributed by atoms with Crippen molar-refractivity contribution in [1.29, 1.82) is 0 Å². The highest BCUT2D eigenvalue weighted by atomic mass is 16.6. The van der Waals surface area contributed by atoms with Crippen LogP contribution in [0.1, 0.15) is 90.9 Å². The van der Waals surface area contributed by atoms with Crippen molar-refractivity contribution < 1.29 is 9.53 Å². The molecule has 0 saturated heterocycles. The molecule has 27 heavy (non-hydrogen) atoms. The smallest absolute Gasteiger partial charge is 0.412 e. The molecule has 0 aliphatic carbocycles. The molecule has 1 amide bonds. The number of ether oxygens (including phenoxy) is 1. The van der Waals surface area contributed by atoms with Gasteiger partial charge >= 0.3 is 6.09 Å². The first-order valence-corrected chi connectivity index (χ1v) is 11.1. The predicted molar refractivity (Wildman–Crippen MR) is 116 cm³/mol. The lowest BCUT2D eigenvalue weighted by Crippen LogP contribution is -2.32. The van der Waals surface area contributed by atoms with E-state index in [0.29, 0.717) is 12.3 Å². The molecule has 3 N–H and O–H groups in total. The maximum Gasteiger partial charge on any atom is 0.412 e. The van der Waals surface area contributed by atoms with Crippen molar-refractivity contribution in [3.05, 3.63) is 12.3 Å². The van der Waals surface area contributed by atoms with Crippen LogP contribution in [-0.2, 0) is 4.74 Å². The topological polar surface area (TPSA) is 67.6 Å². The Morgan fingerprint density at radius 3 is 1.96 bits per heavy atom. The van der Waals surface area contributed by atoms with Crippen LogP contribution < -0.4 is 11.1 Å². The molecule has 160 valence electrons. The van der Waals surface area contributed by atoms with Crippen molar-refractivity contribution in [2.45, 2.75) is 90.9 Å². The van der Waals surface area contributed by atoms with E-state index >= 15 is 0 Å². The first kappa shape index (κ1) is 25.9. The Labute approximate surface area is 168 Å². The lowest BCUT2D eigenvalue weighted by molar-refractivity contribution is 0.175. The Morgan fingerprint density at radius 1 is 0.889 bits per heavy atom. The molecular formula is C22H45N3O2. The summed E-state index contributed by atoms with van der Waals surface area (Å²) >= 11 is 0. The molecule has 0 fully saturated rings. The van der Waals surface area contributed by atoms with E-state index in [-0.39, 0.29) is 0 Å². The molecule has 0 aromatic rings. The van der Waals surface area contributed by atoms with Crippen LogP contribution in [0.25, 0.3) is 0 Å². The number of hydrogen-bond acceptors (Lipinski definition) is 4. The molecule has 0 unspecified atom stereocenters. The first-order valence-electron chi connectivity index (χ1n) is 11.1. The van der Waals surface area contributed by atoms with Gasteiger partial charge in [-0.1, -0.05) is 71.3 Å². The van der Waals surface area contributed by atoms with Gasteiger partial charge in [-0.2, -0.15) is 0 Å². The molecule has 0 aromatic carbocycles. The molecule has 0 bridgehead atoms. The van der Waals surface area contributed by atoms with Crippen molar-refractivity contribution in [3.8, 4) is 0 Å². The summed E-state index contributed by atoms with van der Waals surface area (Å²) in [6.45, 7) is 12.0. The number of alkyl carbamates (subject to hydrolysis) is 1. The van der Waals surface area contributed by atoms with Crippen molar-refractivity contribution in [1.82, 2.24) is 10.2 Å². The van der Waals surface area contributed by atoms with Crippen molar-refractivity contribution in [2.24, 2.45) is 5.73 Å². The minimum atomic E-state index is -0.411. The third-order valence-corrected chi connectivity index (χ3v) is 4.69. The van der Waals surface area contributed by atoms with Gasteiger partial charge in [-0.25, -0.2) is 4.79 Å². The fourth-order valence-electron chi connectivity index (χ4n) is 3.16. The summed E-state index contributed by atoms with van der Waals surface area (Å²) in [5.74, 6) is 0.415. The van der Waals surface area contributed by atoms with E-state index in [1.165, 1.54) is 64.2 Å². The van der Waals surface area contributed by atoms with Crippen LogP contribution in [0, 0.1) is 0 Å². The molecule has 0 aliphatic rings. The van der Waals surface area contributed by atoms with Gasteiger partial charge in [-0.15, -0.1) is 0 Å². The average Bonchev–Trinajstić information content (AvgIpc) is 2.63. The van der Waals surface area contributed by atoms with Crippen LogP contribution in [0.3, 0.4) is 0 Å². The van der Waals surface area contributed by atoms with E-state index in [1.54, 1.807) is 6.92 Å². The number of nitrogens with zero attached hydrogens (tertiary/aromatic N) is 1. The molecule has 5 nitrogen and oxygen atoms in total. The highest BCUT2D eigenvalue weighted by Gasteiger charge is 2.06. The maximum atomic E-state index is 11.4. The van der Waals surface area contributed by atoms with Crippen molar-refractivity contribution >= 4 is 6.09 Å². The van der Waals surface area contributed by atoms with Crippen molar-refractivity contribution in [3.63, 3.8) is 0 Å². The molecule has 0 heterocycles. The van der Waals surface area contributed by atoms with Gasteiger partial charge in [0.05, 0.1) is 5.76 Å². The fourth-order valence-corrected chi connectivity index (χ4v) is 3.16. The van der Waals surface area contributed by atoms with E-state index in [2.05, 4.69) is 23.7 Å². The number of carbonyl (C=O) groups is 1. The largest absolute Gasteiger partial charge is 0.416 e. The zero-order valence-electron chi connectivity index (χ0n) is 18.1. The molecule has 0 aliphatic heterocycles. The lowest BCUT2D eigenvalue weighted by Gasteiger charge is -2.22. The SMILES string of the molecule is C=C(C)OC(=O)NCCCN(CCCN)CCCCCCCCCCCC. The Hall–Kier alpha value is -1.07. The maximum absolute atomic E-state index is 11.4. The molecule has 5 heteroatoms. The van der Waals surface area contributed by atoms with Crippen LogP contribution in [0.4, 0.5) is 4.79 Å². The predicted octanol–water partition coefficient (Wildman–Crippen LogP) is 5.21. The monoisotopic (exact) mass is 383 g/mol. The number of hydrogen-bond donors (Lipinski definition) is 2. The van der Waals surface area contributed by atoms with Crippen molar-refractivity contribution in [2.75, 3.05) is 32.7 Å². The Kier molecular flexibility index (Phi) is 18.9. The third kappa shape index (κ3) is 19.5. The second-order valence-corrected chi connectivity index (χ2v) is 7.54. The number of rotatable bonds is 19. The Balaban J connectivity index is 3.69. The summed E-state index contributed by atoms with van der Waals surface area (Å²) in [4.78, 5) is 13.9. The number of carbonyl (C=O) groups excluding carboxylic acids is 1. The highest BCUT2D eigenvalue weighted by Crippen LogP contribution is 2.11. The normalized spacial score (nSPS) is 11.0. The number of amides is 1. The van der Waals surface area contributed by atoms with Gasteiger partial charge in [0, 0.05) is 6.54 Å². The summed E-state index contributed by atoms with van der Waals surface area (Å²) < 4.78 is 4.89. The van der Waals surface area contributed by atoms with E-state index < -0.39 is 6.09 Å². The number of allylic oxidation sites excluding steroid dienone is 1. The van der Waals surface area contributed by atoms with E-state index in [4.69, 9.17) is 10.5 Å². The zero-order valence-corrected chi connectivity index (χ0v) is 18.1. The Morgan fingerprint density at radius 2 is 1.41 bits per heavy atom. The van der Waals surface area contributed by atoms with Gasteiger partial charge < -0.3 is 20.7 Å². The first-order chi connectivity index (χ1) is 13.1. The van der Waals surface area contributed by atoms with Gasteiger partial charge in [-0.3, -0.25) is 0 Å². The molecule has 0 radical (unpaired) electrons. The minimum absolute atomic E-state index is 0.411. The number of nitrogens with one attached hydrogen (secondary N) is 1. The van der Waals surface area contributed by atoms with Gasteiger partial charge in [0.25, 0.3) is 0 Å². The number of nitrogens with two attached hydrogens (primary N) is 1. The van der Waals surface area contributed by atoms with Crippen LogP contribution in [0.2, 0.25) is 0 Å². The van der Waals surface area contributed by atoms with Crippen LogP contribution in [0.15, 0.2) is 12.3 Å². The summed E-state index contributed by atoms with van der Waals surface area (Å²) in [5.41, 5.74) is 5.66. The molecule has 0 spiro atoms. The lowest BCUT2D eigenvalue weighted by atomic mass is 10.1. The summed E-state index contributed by atoms with van der Waals surface area (Å²) in [7, 11) is 0. The highest BCUT2D eigenvalue weighted by molar-refractivity contribution is 5.68. The van der Waals surface area contributed by atoms with Gasteiger partial charge in [0.2, 0.25) is 0 Å². The summed E-state index contributed by atoms with van der Waals surface area (Å²) in [6, 6.07) is 0. The third-order valence-electron chi connectivity index (χ3n) is 4.69. The van der Waals surface area contributed by atoms with Crippen LogP contribution in [0.5, 0.6) is 0 Å². The number of unbranched alkanes of at least 4 members (excludes halogenated alkanes) is 9. The van der Waals surface area contributed by atoms with Crippen LogP contribution in [-0.4, -0.2) is 43.7 Å². The standard InChI is InChI=1S/C22H45N3O2/c1-4-5-6-7-8-9-10-11-12-13-18-25(19-14-16-23)20-15-17-24-22(26)27-21(2)3/h2,4-20,23H2,1,3H3,(H,24,26). The second-order valence-electron chi connectivity index (χ2n) is 7.54. The minimum Gasteiger partial charge on any atom is -0.416 e. The summed E-state index contributed by atoms with van der Waals surface area (Å²) in [5, 5.41) is 2.76. The zero-order chi connectivity index (χ0) is 20.2. The summed E-state index contributed by atoms with van der Waals surface area (Å²) in [6.07, 6.45) is 15.2. The second kappa shape index (κ2) is 19.7. The van der Waals surface area contributed by atoms with E-state index in [0.717, 1.165) is 39.0 Å². The van der Waals surface area contributed by atoms with E-state index in [9.17, 15) is 4.79 Å². The van der Waals surface area contributed by atoms with Gasteiger partial charge in [0.1, 0.15) is 0 Å². The molecular weight excluding hydrogens is 338 g/mol. The molecule has 0 rings (SSSR count). The van der Waals surface area contributed by atoms with Gasteiger partial charge in [-0.05, 0) is 52.4 Å². The quantitative estimate of drug-likeness (QED) is 0.237.